The number of carboxylic acids is 1. The van der Waals surface area contributed by atoms with E-state index >= 15 is 0 Å². The first kappa shape index (κ1) is 13.8. The van der Waals surface area contributed by atoms with Gasteiger partial charge in [-0.1, -0.05) is 27.5 Å². The second-order valence-electron chi connectivity index (χ2n) is 3.81. The average molecular weight is 344 g/mol. The summed E-state index contributed by atoms with van der Waals surface area (Å²) in [4.78, 5) is 22.5. The Morgan fingerprint density at radius 2 is 2.11 bits per heavy atom. The van der Waals surface area contributed by atoms with Gasteiger partial charge < -0.3 is 5.11 Å². The molecule has 0 radical (unpaired) electrons. The highest BCUT2D eigenvalue weighted by Crippen LogP contribution is 2.24. The van der Waals surface area contributed by atoms with Crippen LogP contribution in [0.1, 0.15) is 16.2 Å². The number of aryl methyl sites for hydroxylation is 1. The summed E-state index contributed by atoms with van der Waals surface area (Å²) in [6, 6.07) is 6.31. The molecule has 1 heterocycles. The fourth-order valence-corrected chi connectivity index (χ4v) is 2.13. The lowest BCUT2D eigenvalue weighted by Gasteiger charge is -2.11. The Morgan fingerprint density at radius 3 is 2.74 bits per heavy atom. The van der Waals surface area contributed by atoms with E-state index < -0.39 is 17.1 Å². The van der Waals surface area contributed by atoms with E-state index in [-0.39, 0.29) is 0 Å². The fourth-order valence-electron chi connectivity index (χ4n) is 1.59. The van der Waals surface area contributed by atoms with Crippen LogP contribution in [-0.2, 0) is 0 Å². The maximum absolute atomic E-state index is 11.5. The molecule has 1 aromatic carbocycles. The van der Waals surface area contributed by atoms with Crippen molar-refractivity contribution in [2.24, 2.45) is 0 Å². The van der Waals surface area contributed by atoms with E-state index in [1.807, 2.05) is 0 Å². The van der Waals surface area contributed by atoms with Crippen molar-refractivity contribution in [1.29, 1.82) is 0 Å². The number of hydrogen-bond acceptors (Lipinski definition) is 3. The molecule has 0 unspecified atom stereocenters. The number of aromatic carboxylic acids is 1. The minimum atomic E-state index is -1.37. The van der Waals surface area contributed by atoms with Gasteiger partial charge in [-0.3, -0.25) is 4.79 Å². The standard InChI is InChI=1S/C12H8BrClN2O3/c1-6-4-10(17)11(12(18)19)15-16(6)9-5-7(13)2-3-8(9)14/h2-5H,1H3,(H,18,19). The zero-order valence-electron chi connectivity index (χ0n) is 9.72. The van der Waals surface area contributed by atoms with Crippen molar-refractivity contribution in [3.63, 3.8) is 0 Å². The second-order valence-corrected chi connectivity index (χ2v) is 5.13. The van der Waals surface area contributed by atoms with Gasteiger partial charge in [-0.05, 0) is 25.1 Å². The summed E-state index contributed by atoms with van der Waals surface area (Å²) in [6.45, 7) is 1.65. The van der Waals surface area contributed by atoms with Crippen molar-refractivity contribution in [3.8, 4) is 5.69 Å². The normalized spacial score (nSPS) is 10.5. The predicted octanol–water partition coefficient (Wildman–Crippen LogP) is 2.66. The van der Waals surface area contributed by atoms with Crippen LogP contribution in [0.2, 0.25) is 5.02 Å². The molecule has 0 fully saturated rings. The fraction of sp³-hybridized carbons (Fsp3) is 0.0833. The molecule has 5 nitrogen and oxygen atoms in total. The zero-order valence-corrected chi connectivity index (χ0v) is 12.1. The van der Waals surface area contributed by atoms with Crippen LogP contribution in [-0.4, -0.2) is 20.9 Å². The number of carbonyl (C=O) groups is 1. The van der Waals surface area contributed by atoms with Crippen molar-refractivity contribution in [3.05, 3.63) is 55.4 Å². The van der Waals surface area contributed by atoms with E-state index in [1.54, 1.807) is 25.1 Å². The predicted molar refractivity (Wildman–Crippen MR) is 74.2 cm³/mol. The third-order valence-corrected chi connectivity index (χ3v) is 3.26. The van der Waals surface area contributed by atoms with Gasteiger partial charge in [0.1, 0.15) is 0 Å². The minimum absolute atomic E-state index is 0.402. The number of benzene rings is 1. The van der Waals surface area contributed by atoms with Crippen LogP contribution in [0.15, 0.2) is 33.5 Å². The van der Waals surface area contributed by atoms with Gasteiger partial charge in [0, 0.05) is 16.2 Å². The molecule has 2 aromatic rings. The SMILES string of the molecule is Cc1cc(=O)c(C(=O)O)nn1-c1cc(Br)ccc1Cl. The highest BCUT2D eigenvalue weighted by Gasteiger charge is 2.15. The molecule has 2 rings (SSSR count). The van der Waals surface area contributed by atoms with Crippen molar-refractivity contribution < 1.29 is 9.90 Å². The topological polar surface area (TPSA) is 72.2 Å². The van der Waals surface area contributed by atoms with E-state index in [0.717, 1.165) is 4.47 Å². The lowest BCUT2D eigenvalue weighted by Crippen LogP contribution is -2.22. The summed E-state index contributed by atoms with van der Waals surface area (Å²) >= 11 is 9.37. The molecule has 0 saturated carbocycles. The molecule has 7 heteroatoms. The number of carboxylic acid groups (broad SMARTS) is 1. The number of aromatic nitrogens is 2. The first-order valence-electron chi connectivity index (χ1n) is 5.20. The van der Waals surface area contributed by atoms with Gasteiger partial charge in [0.2, 0.25) is 11.1 Å². The molecule has 1 aromatic heterocycles. The molecule has 0 amide bonds. The van der Waals surface area contributed by atoms with Crippen LogP contribution in [0.4, 0.5) is 0 Å². The van der Waals surface area contributed by atoms with E-state index in [0.29, 0.717) is 16.4 Å². The molecule has 0 saturated heterocycles. The summed E-state index contributed by atoms with van der Waals surface area (Å²) in [5.74, 6) is -1.37. The summed E-state index contributed by atoms with van der Waals surface area (Å²) < 4.78 is 2.10. The van der Waals surface area contributed by atoms with Crippen LogP contribution in [0, 0.1) is 6.92 Å². The average Bonchev–Trinajstić information content (AvgIpc) is 2.32. The van der Waals surface area contributed by atoms with Crippen molar-refractivity contribution in [1.82, 2.24) is 9.78 Å². The molecule has 98 valence electrons. The van der Waals surface area contributed by atoms with Crippen LogP contribution in [0.3, 0.4) is 0 Å². The molecular formula is C12H8BrClN2O3. The van der Waals surface area contributed by atoms with E-state index in [4.69, 9.17) is 16.7 Å². The molecular weight excluding hydrogens is 336 g/mol. The largest absolute Gasteiger partial charge is 0.476 e. The minimum Gasteiger partial charge on any atom is -0.476 e. The van der Waals surface area contributed by atoms with Crippen LogP contribution in [0.5, 0.6) is 0 Å². The van der Waals surface area contributed by atoms with Gasteiger partial charge in [0.05, 0.1) is 10.7 Å². The van der Waals surface area contributed by atoms with Gasteiger partial charge in [-0.15, -0.1) is 0 Å². The maximum atomic E-state index is 11.5. The second kappa shape index (κ2) is 5.14. The Balaban J connectivity index is 2.75. The molecule has 0 aliphatic rings. The molecule has 1 N–H and O–H groups in total. The smallest absolute Gasteiger partial charge is 0.360 e. The van der Waals surface area contributed by atoms with E-state index in [1.165, 1.54) is 10.7 Å². The number of nitrogens with zero attached hydrogens (tertiary/aromatic N) is 2. The summed E-state index contributed by atoms with van der Waals surface area (Å²) in [7, 11) is 0. The number of rotatable bonds is 2. The Bertz CT molecular complexity index is 727. The summed E-state index contributed by atoms with van der Waals surface area (Å²) in [5, 5.41) is 13.2. The first-order chi connectivity index (χ1) is 8.90. The van der Waals surface area contributed by atoms with E-state index in [2.05, 4.69) is 21.0 Å². The Morgan fingerprint density at radius 1 is 1.42 bits per heavy atom. The van der Waals surface area contributed by atoms with Crippen LogP contribution >= 0.6 is 27.5 Å². The first-order valence-corrected chi connectivity index (χ1v) is 6.37. The zero-order chi connectivity index (χ0) is 14.2. The quantitative estimate of drug-likeness (QED) is 0.910. The lowest BCUT2D eigenvalue weighted by molar-refractivity contribution is 0.0686. The van der Waals surface area contributed by atoms with Crippen molar-refractivity contribution >= 4 is 33.5 Å². The number of halogens is 2. The monoisotopic (exact) mass is 342 g/mol. The van der Waals surface area contributed by atoms with Gasteiger partial charge in [-0.25, -0.2) is 9.48 Å². The highest BCUT2D eigenvalue weighted by atomic mass is 79.9. The summed E-state index contributed by atoms with van der Waals surface area (Å²) in [6.07, 6.45) is 0. The van der Waals surface area contributed by atoms with Crippen molar-refractivity contribution in [2.75, 3.05) is 0 Å². The molecule has 0 bridgehead atoms. The van der Waals surface area contributed by atoms with Gasteiger partial charge in [0.25, 0.3) is 0 Å². The molecule has 0 aliphatic carbocycles. The molecule has 0 spiro atoms. The summed E-state index contributed by atoms with van der Waals surface area (Å²) in [5.41, 5.74) is -0.181. The Labute approximate surface area is 121 Å². The Hall–Kier alpha value is -1.66. The van der Waals surface area contributed by atoms with Gasteiger partial charge in [-0.2, -0.15) is 5.10 Å². The molecule has 0 aliphatic heterocycles. The van der Waals surface area contributed by atoms with Crippen molar-refractivity contribution in [2.45, 2.75) is 6.92 Å². The van der Waals surface area contributed by atoms with Crippen LogP contribution < -0.4 is 5.43 Å². The molecule has 0 atom stereocenters. The van der Waals surface area contributed by atoms with Gasteiger partial charge in [0.15, 0.2) is 0 Å². The third kappa shape index (κ3) is 2.69. The van der Waals surface area contributed by atoms with Gasteiger partial charge >= 0.3 is 5.97 Å². The third-order valence-electron chi connectivity index (χ3n) is 2.45. The highest BCUT2D eigenvalue weighted by molar-refractivity contribution is 9.10. The Kier molecular flexibility index (Phi) is 3.73. The number of hydrogen-bond donors (Lipinski definition) is 1. The van der Waals surface area contributed by atoms with E-state index in [9.17, 15) is 9.59 Å². The maximum Gasteiger partial charge on any atom is 0.360 e. The lowest BCUT2D eigenvalue weighted by atomic mass is 10.3. The molecule has 19 heavy (non-hydrogen) atoms. The van der Waals surface area contributed by atoms with Crippen LogP contribution in [0.25, 0.3) is 5.69 Å².